The van der Waals surface area contributed by atoms with Gasteiger partial charge in [0.15, 0.2) is 31.3 Å². The van der Waals surface area contributed by atoms with Gasteiger partial charge in [0.25, 0.3) is 0 Å². The lowest BCUT2D eigenvalue weighted by molar-refractivity contribution is -0.144. The molecule has 3 heterocycles. The maximum Gasteiger partial charge on any atom is 0.308 e. The molecule has 4 bridgehead atoms. The van der Waals surface area contributed by atoms with E-state index in [1.807, 2.05) is 38.1 Å². The van der Waals surface area contributed by atoms with E-state index in [0.29, 0.717) is 22.9 Å². The first kappa shape index (κ1) is 45.0. The van der Waals surface area contributed by atoms with Gasteiger partial charge >= 0.3 is 5.97 Å². The maximum absolute atomic E-state index is 16.2. The zero-order valence-corrected chi connectivity index (χ0v) is 38.1. The average molecular weight is 905 g/mol. The number of carbonyl (C=O) groups excluding carboxylic acids is 1. The molecule has 16 heteroatoms. The highest BCUT2D eigenvalue weighted by atomic mass is 32.2. The van der Waals surface area contributed by atoms with Crippen molar-refractivity contribution in [2.24, 2.45) is 18.4 Å². The van der Waals surface area contributed by atoms with Gasteiger partial charge in [-0.2, -0.15) is 5.10 Å². The van der Waals surface area contributed by atoms with Gasteiger partial charge in [-0.25, -0.2) is 39.5 Å². The second-order valence-corrected chi connectivity index (χ2v) is 23.0. The summed E-state index contributed by atoms with van der Waals surface area (Å²) in [6.07, 6.45) is 1.72. The molecule has 0 fully saturated rings. The number of fused-ring (bicyclic) bond motifs is 8. The van der Waals surface area contributed by atoms with Crippen molar-refractivity contribution in [1.29, 1.82) is 0 Å². The SMILES string of the molecule is COC(=O)[C@@H](C)Cc1cccc([C@@]2(C)CCC(S(=O)(=O)c3ccc(C)cc3)C(C)(C)CS(=O)(=O)CCc3c(c(F)cc4[nH]ccc34)S(=O)c3ccc(F)c(c3)-c3nc2nn3C)c1. The summed E-state index contributed by atoms with van der Waals surface area (Å²) >= 11 is 0. The van der Waals surface area contributed by atoms with Crippen molar-refractivity contribution in [1.82, 2.24) is 19.7 Å². The number of H-pyrrole nitrogens is 1. The van der Waals surface area contributed by atoms with Crippen LogP contribution in [0.1, 0.15) is 68.6 Å². The van der Waals surface area contributed by atoms with Gasteiger partial charge in [-0.05, 0) is 104 Å². The lowest BCUT2D eigenvalue weighted by Gasteiger charge is -2.37. The van der Waals surface area contributed by atoms with Crippen LogP contribution in [0.3, 0.4) is 0 Å². The van der Waals surface area contributed by atoms with E-state index in [4.69, 9.17) is 14.8 Å². The van der Waals surface area contributed by atoms with Gasteiger partial charge in [0.1, 0.15) is 11.6 Å². The van der Waals surface area contributed by atoms with Crippen LogP contribution in [0.5, 0.6) is 0 Å². The smallest absolute Gasteiger partial charge is 0.308 e. The molecular weight excluding hydrogens is 855 g/mol. The van der Waals surface area contributed by atoms with E-state index in [1.165, 1.54) is 42.1 Å². The fraction of sp³-hybridized carbons (Fsp3) is 0.370. The summed E-state index contributed by atoms with van der Waals surface area (Å²) in [6, 6.07) is 20.5. The van der Waals surface area contributed by atoms with E-state index in [-0.39, 0.29) is 62.7 Å². The second-order valence-electron chi connectivity index (χ2n) is 17.3. The zero-order valence-electron chi connectivity index (χ0n) is 35.7. The molecule has 2 aromatic heterocycles. The molecule has 62 heavy (non-hydrogen) atoms. The molecule has 4 atom stereocenters. The molecule has 0 saturated carbocycles. The third kappa shape index (κ3) is 8.65. The molecule has 0 saturated heterocycles. The Morgan fingerprint density at radius 1 is 1.03 bits per heavy atom. The molecule has 6 aromatic rings. The number of hydrogen-bond donors (Lipinski definition) is 1. The molecule has 0 radical (unpaired) electrons. The first-order valence-corrected chi connectivity index (χ1v) is 24.8. The van der Waals surface area contributed by atoms with Crippen molar-refractivity contribution >= 4 is 47.3 Å². The molecule has 4 aromatic carbocycles. The molecule has 2 unspecified atom stereocenters. The Hall–Kier alpha value is -5.06. The minimum Gasteiger partial charge on any atom is -0.469 e. The highest BCUT2D eigenvalue weighted by molar-refractivity contribution is 7.92. The van der Waals surface area contributed by atoms with Crippen LogP contribution in [-0.4, -0.2) is 70.6 Å². The molecule has 0 aliphatic carbocycles. The number of halogens is 2. The third-order valence-corrected chi connectivity index (χ3v) is 18.2. The number of aromatic amines is 1. The fourth-order valence-corrected chi connectivity index (χ4v) is 14.4. The van der Waals surface area contributed by atoms with Crippen LogP contribution in [0.25, 0.3) is 22.3 Å². The zero-order chi connectivity index (χ0) is 44.9. The van der Waals surface area contributed by atoms with Crippen LogP contribution in [0.15, 0.2) is 99.7 Å². The van der Waals surface area contributed by atoms with Crippen LogP contribution in [-0.2, 0) is 65.3 Å². The number of sulfone groups is 2. The molecule has 11 nitrogen and oxygen atoms in total. The predicted octanol–water partition coefficient (Wildman–Crippen LogP) is 7.99. The van der Waals surface area contributed by atoms with E-state index < -0.39 is 75.6 Å². The van der Waals surface area contributed by atoms with Crippen LogP contribution in [0.2, 0.25) is 0 Å². The molecule has 328 valence electrons. The number of nitrogens with zero attached hydrogens (tertiary/aromatic N) is 3. The van der Waals surface area contributed by atoms with Gasteiger partial charge < -0.3 is 9.72 Å². The highest BCUT2D eigenvalue weighted by Gasteiger charge is 2.45. The Labute approximate surface area is 363 Å². The molecule has 7 rings (SSSR count). The van der Waals surface area contributed by atoms with Crippen LogP contribution in [0.4, 0.5) is 8.78 Å². The van der Waals surface area contributed by atoms with Crippen molar-refractivity contribution < 1.29 is 39.4 Å². The number of carbonyl (C=O) groups is 1. The van der Waals surface area contributed by atoms with E-state index in [2.05, 4.69) is 4.98 Å². The number of esters is 1. The molecule has 0 amide bonds. The Kier molecular flexibility index (Phi) is 12.3. The normalized spacial score (nSPS) is 21.0. The molecule has 1 aliphatic rings. The number of aryl methyl sites for hydroxylation is 3. The van der Waals surface area contributed by atoms with Gasteiger partial charge in [0.05, 0.1) is 61.4 Å². The number of benzene rings is 4. The van der Waals surface area contributed by atoms with Crippen molar-refractivity contribution in [3.63, 3.8) is 0 Å². The monoisotopic (exact) mass is 904 g/mol. The van der Waals surface area contributed by atoms with Gasteiger partial charge in [-0.3, -0.25) is 4.79 Å². The summed E-state index contributed by atoms with van der Waals surface area (Å²) in [5.74, 6) is -3.15. The predicted molar refractivity (Wildman–Crippen MR) is 235 cm³/mol. The molecule has 1 aliphatic heterocycles. The number of ether oxygens (including phenoxy) is 1. The lowest BCUT2D eigenvalue weighted by atomic mass is 9.75. The van der Waals surface area contributed by atoms with E-state index in [9.17, 15) is 25.8 Å². The number of rotatable bonds is 6. The molecule has 1 N–H and O–H groups in total. The van der Waals surface area contributed by atoms with Crippen molar-refractivity contribution in [3.8, 4) is 11.4 Å². The van der Waals surface area contributed by atoms with Gasteiger partial charge in [-0.1, -0.05) is 62.7 Å². The number of hydrogen-bond acceptors (Lipinski definition) is 9. The van der Waals surface area contributed by atoms with E-state index in [1.54, 1.807) is 52.2 Å². The van der Waals surface area contributed by atoms with E-state index >= 15 is 8.78 Å². The Bertz CT molecular complexity index is 2950. The minimum absolute atomic E-state index is 0.0385. The van der Waals surface area contributed by atoms with Crippen molar-refractivity contribution in [3.05, 3.63) is 125 Å². The van der Waals surface area contributed by atoms with Crippen molar-refractivity contribution in [2.45, 2.75) is 85.7 Å². The number of nitrogens with one attached hydrogen (secondary N) is 1. The molecular formula is C46H50F2N4O7S3. The Morgan fingerprint density at radius 3 is 2.47 bits per heavy atom. The number of methoxy groups -OCH3 is 1. The average Bonchev–Trinajstić information content (AvgIpc) is 3.85. The van der Waals surface area contributed by atoms with E-state index in [0.717, 1.165) is 17.2 Å². The van der Waals surface area contributed by atoms with Crippen LogP contribution < -0.4 is 0 Å². The van der Waals surface area contributed by atoms with Crippen LogP contribution >= 0.6 is 0 Å². The maximum atomic E-state index is 16.2. The highest BCUT2D eigenvalue weighted by Crippen LogP contribution is 2.43. The summed E-state index contributed by atoms with van der Waals surface area (Å²) in [5, 5.41) is 4.03. The topological polar surface area (TPSA) is 158 Å². The fourth-order valence-electron chi connectivity index (χ4n) is 8.77. The largest absolute Gasteiger partial charge is 0.469 e. The summed E-state index contributed by atoms with van der Waals surface area (Å²) < 4.78 is 112. The number of aromatic nitrogens is 4. The summed E-state index contributed by atoms with van der Waals surface area (Å²) in [4.78, 5) is 20.2. The summed E-state index contributed by atoms with van der Waals surface area (Å²) in [5.41, 5.74) is 0.256. The molecule has 0 spiro atoms. The van der Waals surface area contributed by atoms with Gasteiger partial charge in [0.2, 0.25) is 0 Å². The first-order valence-electron chi connectivity index (χ1n) is 20.2. The lowest BCUT2D eigenvalue weighted by Crippen LogP contribution is -2.43. The first-order chi connectivity index (χ1) is 29.1. The Morgan fingerprint density at radius 2 is 1.76 bits per heavy atom. The second kappa shape index (κ2) is 16.9. The summed E-state index contributed by atoms with van der Waals surface area (Å²) in [7, 11) is -7.67. The van der Waals surface area contributed by atoms with Gasteiger partial charge in [-0.15, -0.1) is 0 Å². The Balaban J connectivity index is 1.47. The minimum atomic E-state index is -4.23. The standard InChI is InChI=1S/C46H50F2N4O7S3/c1-28-11-14-33(15-12-28)62(57,58)40-17-20-46(5,31-10-8-9-30(24-31)23-29(2)43(53)59-7)44-50-42(52(6)51-44)36-25-32(13-16-37(36)47)60(54)41-35(19-22-61(55,56)27-45(40,3)4)34-18-21-49-39(34)26-38(41)48/h8-16,18,21,24-26,29,40,49H,17,19-20,22-23,27H2,1-7H3/t29-,40?,46+,60?/m0/s1. The van der Waals surface area contributed by atoms with Crippen molar-refractivity contribution in [2.75, 3.05) is 18.6 Å². The van der Waals surface area contributed by atoms with Gasteiger partial charge in [0, 0.05) is 29.0 Å². The third-order valence-electron chi connectivity index (χ3n) is 12.2. The summed E-state index contributed by atoms with van der Waals surface area (Å²) in [6.45, 7) is 8.71. The quantitative estimate of drug-likeness (QED) is 0.164. The van der Waals surface area contributed by atoms with Crippen LogP contribution in [0, 0.1) is 29.9 Å².